The molecule has 1 heterocycles. The van der Waals surface area contributed by atoms with Crippen LogP contribution in [0.1, 0.15) is 51.6 Å². The van der Waals surface area contributed by atoms with E-state index in [1.54, 1.807) is 6.92 Å². The number of halogens is 1. The third-order valence-corrected chi connectivity index (χ3v) is 4.62. The zero-order chi connectivity index (χ0) is 20.7. The van der Waals surface area contributed by atoms with Gasteiger partial charge in [0, 0.05) is 16.3 Å². The zero-order valence-corrected chi connectivity index (χ0v) is 18.9. The van der Waals surface area contributed by atoms with Crippen molar-refractivity contribution in [3.05, 3.63) is 34.8 Å². The van der Waals surface area contributed by atoms with Gasteiger partial charge < -0.3 is 9.47 Å². The summed E-state index contributed by atoms with van der Waals surface area (Å²) < 4.78 is 10.6. The smallest absolute Gasteiger partial charge is 0.311 e. The number of carbonyl (C=O) groups is 1. The first-order chi connectivity index (χ1) is 13.1. The van der Waals surface area contributed by atoms with Crippen LogP contribution in [0.15, 0.2) is 24.3 Å². The lowest BCUT2D eigenvalue weighted by atomic mass is 10.2. The summed E-state index contributed by atoms with van der Waals surface area (Å²) in [6, 6.07) is 7.79. The number of benzene rings is 1. The molecule has 0 unspecified atom stereocenters. The van der Waals surface area contributed by atoms with Gasteiger partial charge in [-0.1, -0.05) is 27.7 Å². The molecular weight excluding hydrogens is 382 g/mol. The van der Waals surface area contributed by atoms with Crippen LogP contribution in [-0.2, 0) is 16.0 Å². The van der Waals surface area contributed by atoms with Gasteiger partial charge in [0.25, 0.3) is 0 Å². The topological polar surface area (TPSA) is 48.4 Å². The maximum absolute atomic E-state index is 11.6. The third-order valence-electron chi connectivity index (χ3n) is 3.15. The first-order valence-electron chi connectivity index (χ1n) is 9.55. The molecule has 0 aliphatic carbocycles. The second kappa shape index (κ2) is 15.5. The highest BCUT2D eigenvalue weighted by molar-refractivity contribution is 7.15. The third kappa shape index (κ3) is 9.25. The highest BCUT2D eigenvalue weighted by Gasteiger charge is 2.13. The first kappa shape index (κ1) is 25.4. The molecule has 0 fully saturated rings. The number of thiazole rings is 1. The molecule has 0 radical (unpaired) electrons. The second-order valence-electron chi connectivity index (χ2n) is 4.92. The van der Waals surface area contributed by atoms with Gasteiger partial charge in [-0.05, 0) is 44.5 Å². The minimum absolute atomic E-state index is 0.214. The normalized spacial score (nSPS) is 9.44. The predicted octanol–water partition coefficient (Wildman–Crippen LogP) is 6.28. The fraction of sp³-hybridized carbons (Fsp3) is 0.524. The van der Waals surface area contributed by atoms with Crippen LogP contribution < -0.4 is 4.74 Å². The van der Waals surface area contributed by atoms with E-state index in [4.69, 9.17) is 21.1 Å². The largest absolute Gasteiger partial charge is 0.494 e. The molecule has 152 valence electrons. The van der Waals surface area contributed by atoms with Crippen LogP contribution in [0, 0.1) is 6.92 Å². The first-order valence-corrected chi connectivity index (χ1v) is 10.9. The Labute approximate surface area is 172 Å². The Morgan fingerprint density at radius 1 is 1.15 bits per heavy atom. The lowest BCUT2D eigenvalue weighted by Crippen LogP contribution is -2.07. The Kier molecular flexibility index (Phi) is 14.6. The van der Waals surface area contributed by atoms with Gasteiger partial charge in [0.05, 0.1) is 25.3 Å². The van der Waals surface area contributed by atoms with Crippen molar-refractivity contribution in [1.82, 2.24) is 4.98 Å². The number of ether oxygens (including phenoxy) is 2. The second-order valence-corrected chi connectivity index (χ2v) is 6.39. The Morgan fingerprint density at radius 2 is 1.78 bits per heavy atom. The number of hydrogen-bond donors (Lipinski definition) is 0. The number of aromatic nitrogens is 1. The molecule has 0 aliphatic rings. The fourth-order valence-corrected chi connectivity index (χ4v) is 3.16. The van der Waals surface area contributed by atoms with Crippen LogP contribution >= 0.6 is 22.9 Å². The van der Waals surface area contributed by atoms with E-state index in [9.17, 15) is 4.79 Å². The summed E-state index contributed by atoms with van der Waals surface area (Å²) in [6.07, 6.45) is 1.10. The maximum Gasteiger partial charge on any atom is 0.311 e. The maximum atomic E-state index is 11.6. The van der Waals surface area contributed by atoms with Crippen molar-refractivity contribution in [2.75, 3.05) is 19.1 Å². The molecule has 0 saturated heterocycles. The molecule has 6 heteroatoms. The van der Waals surface area contributed by atoms with E-state index in [1.807, 2.05) is 58.9 Å². The van der Waals surface area contributed by atoms with E-state index in [-0.39, 0.29) is 12.4 Å². The number of alkyl halides is 1. The van der Waals surface area contributed by atoms with Crippen LogP contribution in [-0.4, -0.2) is 30.0 Å². The van der Waals surface area contributed by atoms with Gasteiger partial charge in [0.1, 0.15) is 10.8 Å². The Bertz CT molecular complexity index is 641. The molecule has 0 amide bonds. The highest BCUT2D eigenvalue weighted by Crippen LogP contribution is 2.29. The van der Waals surface area contributed by atoms with Crippen LogP contribution in [0.4, 0.5) is 0 Å². The Hall–Kier alpha value is -1.59. The molecular formula is C21H32ClNO3S. The lowest BCUT2D eigenvalue weighted by molar-refractivity contribution is -0.142. The van der Waals surface area contributed by atoms with E-state index in [2.05, 4.69) is 4.98 Å². The van der Waals surface area contributed by atoms with Crippen molar-refractivity contribution >= 4 is 28.9 Å². The lowest BCUT2D eigenvalue weighted by Gasteiger charge is -2.05. The molecule has 0 saturated carbocycles. The highest BCUT2D eigenvalue weighted by atomic mass is 35.5. The van der Waals surface area contributed by atoms with Crippen LogP contribution in [0.2, 0.25) is 0 Å². The molecule has 27 heavy (non-hydrogen) atoms. The van der Waals surface area contributed by atoms with E-state index in [1.165, 1.54) is 11.3 Å². The van der Waals surface area contributed by atoms with E-state index in [0.717, 1.165) is 33.3 Å². The SMILES string of the molecule is CC.CC.CCOC(=O)Cc1sc(-c2ccc(OCCCCl)cc2)nc1C. The number of carbonyl (C=O) groups excluding carboxylic acids is 1. The number of aryl methyl sites for hydroxylation is 1. The van der Waals surface area contributed by atoms with E-state index in [0.29, 0.717) is 19.1 Å². The summed E-state index contributed by atoms with van der Waals surface area (Å²) in [5.41, 5.74) is 1.89. The van der Waals surface area contributed by atoms with Crippen LogP contribution in [0.5, 0.6) is 5.75 Å². The molecule has 0 N–H and O–H groups in total. The van der Waals surface area contributed by atoms with Crippen molar-refractivity contribution in [3.63, 3.8) is 0 Å². The summed E-state index contributed by atoms with van der Waals surface area (Å²) in [6.45, 7) is 12.7. The Morgan fingerprint density at radius 3 is 2.33 bits per heavy atom. The van der Waals surface area contributed by atoms with Crippen molar-refractivity contribution in [1.29, 1.82) is 0 Å². The monoisotopic (exact) mass is 413 g/mol. The zero-order valence-electron chi connectivity index (χ0n) is 17.3. The number of hydrogen-bond acceptors (Lipinski definition) is 5. The predicted molar refractivity (Wildman–Crippen MR) is 116 cm³/mol. The quantitative estimate of drug-likeness (QED) is 0.290. The van der Waals surface area contributed by atoms with Crippen molar-refractivity contribution in [2.45, 2.75) is 54.4 Å². The van der Waals surface area contributed by atoms with Crippen molar-refractivity contribution < 1.29 is 14.3 Å². The standard InChI is InChI=1S/C17H20ClNO3S.2C2H6/c1-3-21-16(20)11-15-12(2)19-17(23-15)13-5-7-14(8-6-13)22-10-4-9-18;2*1-2/h5-8H,3-4,9-11H2,1-2H3;2*1-2H3. The summed E-state index contributed by atoms with van der Waals surface area (Å²) in [5.74, 6) is 1.20. The van der Waals surface area contributed by atoms with E-state index < -0.39 is 0 Å². The van der Waals surface area contributed by atoms with Gasteiger partial charge in [-0.3, -0.25) is 4.79 Å². The minimum atomic E-state index is -0.214. The van der Waals surface area contributed by atoms with E-state index >= 15 is 0 Å². The summed E-state index contributed by atoms with van der Waals surface area (Å²) in [5, 5.41) is 0.897. The summed E-state index contributed by atoms with van der Waals surface area (Å²) in [4.78, 5) is 17.1. The number of nitrogens with zero attached hydrogens (tertiary/aromatic N) is 1. The van der Waals surface area contributed by atoms with Gasteiger partial charge in [0.2, 0.25) is 0 Å². The van der Waals surface area contributed by atoms with Gasteiger partial charge in [-0.25, -0.2) is 4.98 Å². The number of rotatable bonds is 8. The number of esters is 1. The molecule has 1 aromatic heterocycles. The molecule has 1 aromatic carbocycles. The van der Waals surface area contributed by atoms with Gasteiger partial charge in [-0.2, -0.15) is 0 Å². The van der Waals surface area contributed by atoms with Crippen molar-refractivity contribution in [2.24, 2.45) is 0 Å². The molecule has 0 aliphatic heterocycles. The molecule has 0 bridgehead atoms. The molecule has 2 aromatic rings. The average Bonchev–Trinajstić information content (AvgIpc) is 3.06. The van der Waals surface area contributed by atoms with Gasteiger partial charge in [0.15, 0.2) is 0 Å². The molecule has 0 atom stereocenters. The molecule has 0 spiro atoms. The molecule has 4 nitrogen and oxygen atoms in total. The summed E-state index contributed by atoms with van der Waals surface area (Å²) in [7, 11) is 0. The van der Waals surface area contributed by atoms with Crippen LogP contribution in [0.25, 0.3) is 10.6 Å². The summed E-state index contributed by atoms with van der Waals surface area (Å²) >= 11 is 7.15. The molecule has 2 rings (SSSR count). The van der Waals surface area contributed by atoms with Gasteiger partial charge in [-0.15, -0.1) is 22.9 Å². The fourth-order valence-electron chi connectivity index (χ4n) is 2.00. The van der Waals surface area contributed by atoms with Crippen LogP contribution in [0.3, 0.4) is 0 Å². The Balaban J connectivity index is 0.00000158. The van der Waals surface area contributed by atoms with Gasteiger partial charge >= 0.3 is 5.97 Å². The average molecular weight is 414 g/mol. The minimum Gasteiger partial charge on any atom is -0.494 e. The van der Waals surface area contributed by atoms with Crippen molar-refractivity contribution in [3.8, 4) is 16.3 Å².